The Morgan fingerprint density at radius 1 is 0.968 bits per heavy atom. The van der Waals surface area contributed by atoms with Crippen LogP contribution in [-0.4, -0.2) is 21.6 Å². The summed E-state index contributed by atoms with van der Waals surface area (Å²) in [5.41, 5.74) is 0.477. The fraction of sp³-hybridized carbons (Fsp3) is 0.174. The summed E-state index contributed by atoms with van der Waals surface area (Å²) < 4.78 is 7.69. The third-order valence-electron chi connectivity index (χ3n) is 4.98. The lowest BCUT2D eigenvalue weighted by atomic mass is 10.1. The van der Waals surface area contributed by atoms with Crippen LogP contribution >= 0.6 is 11.6 Å². The van der Waals surface area contributed by atoms with E-state index in [4.69, 9.17) is 16.0 Å². The molecule has 0 aliphatic heterocycles. The number of nitrogens with one attached hydrogen (secondary N) is 1. The highest BCUT2D eigenvalue weighted by Crippen LogP contribution is 2.10. The van der Waals surface area contributed by atoms with Crippen LogP contribution in [0.5, 0.6) is 0 Å². The topological polar surface area (TPSA) is 86.2 Å². The van der Waals surface area contributed by atoms with Gasteiger partial charge in [-0.25, -0.2) is 4.79 Å². The first-order chi connectivity index (χ1) is 15.0. The first-order valence-electron chi connectivity index (χ1n) is 9.79. The van der Waals surface area contributed by atoms with E-state index < -0.39 is 11.2 Å². The minimum absolute atomic E-state index is 0.00626. The second-order valence-electron chi connectivity index (χ2n) is 7.08. The normalized spacial score (nSPS) is 11.0. The van der Waals surface area contributed by atoms with Gasteiger partial charge >= 0.3 is 5.69 Å². The number of amides is 1. The van der Waals surface area contributed by atoms with Crippen LogP contribution in [0.2, 0.25) is 5.02 Å². The maximum atomic E-state index is 13.1. The first kappa shape index (κ1) is 20.7. The Balaban J connectivity index is 1.57. The molecule has 0 spiro atoms. The summed E-state index contributed by atoms with van der Waals surface area (Å²) in [7, 11) is 0. The Bertz CT molecular complexity index is 1320. The summed E-state index contributed by atoms with van der Waals surface area (Å²) in [6.07, 6.45) is 2.12. The summed E-state index contributed by atoms with van der Waals surface area (Å²) in [5, 5.41) is 3.85. The van der Waals surface area contributed by atoms with Crippen LogP contribution < -0.4 is 16.6 Å². The molecule has 7 nitrogen and oxygen atoms in total. The average molecular weight is 438 g/mol. The van der Waals surface area contributed by atoms with Crippen LogP contribution in [0.3, 0.4) is 0 Å². The van der Waals surface area contributed by atoms with Crippen LogP contribution in [0, 0.1) is 0 Å². The maximum Gasteiger partial charge on any atom is 0.332 e. The molecule has 1 amide bonds. The van der Waals surface area contributed by atoms with Crippen LogP contribution in [0.1, 0.15) is 11.3 Å². The highest BCUT2D eigenvalue weighted by atomic mass is 35.5. The lowest BCUT2D eigenvalue weighted by Gasteiger charge is -2.13. The van der Waals surface area contributed by atoms with Crippen molar-refractivity contribution in [2.24, 2.45) is 0 Å². The maximum absolute atomic E-state index is 13.1. The molecule has 0 aliphatic rings. The van der Waals surface area contributed by atoms with Gasteiger partial charge < -0.3 is 9.73 Å². The Kier molecular flexibility index (Phi) is 6.04. The molecule has 0 aliphatic carbocycles. The molecular formula is C23H20ClN3O4. The van der Waals surface area contributed by atoms with Crippen molar-refractivity contribution in [2.75, 3.05) is 6.54 Å². The van der Waals surface area contributed by atoms with Crippen molar-refractivity contribution in [2.45, 2.75) is 19.5 Å². The van der Waals surface area contributed by atoms with Crippen molar-refractivity contribution in [3.05, 3.63) is 104 Å². The van der Waals surface area contributed by atoms with Gasteiger partial charge in [-0.3, -0.25) is 18.7 Å². The standard InChI is InChI=1S/C23H20ClN3O4/c24-17-9-7-16(8-10-17)11-12-25-21(28)15-26-20-6-2-1-5-19(20)22(29)27(23(26)30)14-18-4-3-13-31-18/h1-10,13H,11-12,14-15H2,(H,25,28). The molecule has 2 aromatic heterocycles. The number of furan rings is 1. The number of para-hydroxylation sites is 1. The Morgan fingerprint density at radius 2 is 1.74 bits per heavy atom. The second kappa shape index (κ2) is 9.06. The molecule has 0 unspecified atom stereocenters. The lowest BCUT2D eigenvalue weighted by molar-refractivity contribution is -0.121. The van der Waals surface area contributed by atoms with E-state index in [9.17, 15) is 14.4 Å². The number of fused-ring (bicyclic) bond motifs is 1. The smallest absolute Gasteiger partial charge is 0.332 e. The van der Waals surface area contributed by atoms with Crippen molar-refractivity contribution in [1.29, 1.82) is 0 Å². The van der Waals surface area contributed by atoms with E-state index in [2.05, 4.69) is 5.32 Å². The van der Waals surface area contributed by atoms with Gasteiger partial charge in [-0.15, -0.1) is 0 Å². The van der Waals surface area contributed by atoms with Gasteiger partial charge in [0.1, 0.15) is 12.3 Å². The number of hydrogen-bond acceptors (Lipinski definition) is 4. The van der Waals surface area contributed by atoms with Gasteiger partial charge in [-0.05, 0) is 48.4 Å². The minimum Gasteiger partial charge on any atom is -0.467 e. The molecule has 8 heteroatoms. The molecule has 0 atom stereocenters. The van der Waals surface area contributed by atoms with E-state index in [1.165, 1.54) is 10.8 Å². The predicted molar refractivity (Wildman–Crippen MR) is 118 cm³/mol. The monoisotopic (exact) mass is 437 g/mol. The third kappa shape index (κ3) is 4.62. The average Bonchev–Trinajstić information content (AvgIpc) is 3.29. The minimum atomic E-state index is -0.562. The predicted octanol–water partition coefficient (Wildman–Crippen LogP) is 2.82. The van der Waals surface area contributed by atoms with Crippen molar-refractivity contribution >= 4 is 28.4 Å². The summed E-state index contributed by atoms with van der Waals surface area (Å²) in [6.45, 7) is 0.214. The van der Waals surface area contributed by atoms with Crippen molar-refractivity contribution in [1.82, 2.24) is 14.5 Å². The highest BCUT2D eigenvalue weighted by molar-refractivity contribution is 6.30. The van der Waals surface area contributed by atoms with E-state index in [0.717, 1.165) is 10.1 Å². The molecule has 158 valence electrons. The number of halogens is 1. The number of nitrogens with zero attached hydrogens (tertiary/aromatic N) is 2. The van der Waals surface area contributed by atoms with E-state index in [1.54, 1.807) is 48.5 Å². The summed E-state index contributed by atoms with van der Waals surface area (Å²) in [4.78, 5) is 38.5. The molecule has 0 saturated carbocycles. The van der Waals surface area contributed by atoms with Gasteiger partial charge in [0.25, 0.3) is 5.56 Å². The molecular weight excluding hydrogens is 418 g/mol. The summed E-state index contributed by atoms with van der Waals surface area (Å²) in [6, 6.07) is 17.5. The second-order valence-corrected chi connectivity index (χ2v) is 7.52. The van der Waals surface area contributed by atoms with Gasteiger partial charge in [0.05, 0.1) is 23.7 Å². The van der Waals surface area contributed by atoms with Gasteiger partial charge in [-0.1, -0.05) is 35.9 Å². The first-order valence-corrected chi connectivity index (χ1v) is 10.2. The molecule has 0 saturated heterocycles. The van der Waals surface area contributed by atoms with Crippen LogP contribution in [0.15, 0.2) is 80.9 Å². The Hall–Kier alpha value is -3.58. The quantitative estimate of drug-likeness (QED) is 0.481. The molecule has 1 N–H and O–H groups in total. The number of rotatable bonds is 7. The molecule has 4 aromatic rings. The number of carbonyl (C=O) groups is 1. The fourth-order valence-corrected chi connectivity index (χ4v) is 3.54. The molecule has 31 heavy (non-hydrogen) atoms. The van der Waals surface area contributed by atoms with E-state index in [-0.39, 0.29) is 19.0 Å². The molecule has 2 heterocycles. The zero-order chi connectivity index (χ0) is 21.8. The van der Waals surface area contributed by atoms with Gasteiger partial charge in [0.15, 0.2) is 0 Å². The van der Waals surface area contributed by atoms with Gasteiger partial charge in [-0.2, -0.15) is 0 Å². The Labute approximate surface area is 182 Å². The van der Waals surface area contributed by atoms with E-state index in [0.29, 0.717) is 34.7 Å². The fourth-order valence-electron chi connectivity index (χ4n) is 3.42. The number of aromatic nitrogens is 2. The zero-order valence-corrected chi connectivity index (χ0v) is 17.3. The van der Waals surface area contributed by atoms with E-state index >= 15 is 0 Å². The number of hydrogen-bond donors (Lipinski definition) is 1. The van der Waals surface area contributed by atoms with Crippen LogP contribution in [0.4, 0.5) is 0 Å². The molecule has 0 fully saturated rings. The van der Waals surface area contributed by atoms with Crippen molar-refractivity contribution < 1.29 is 9.21 Å². The van der Waals surface area contributed by atoms with Gasteiger partial charge in [0.2, 0.25) is 5.91 Å². The molecule has 0 radical (unpaired) electrons. The number of carbonyl (C=O) groups excluding carboxylic acids is 1. The zero-order valence-electron chi connectivity index (χ0n) is 16.6. The van der Waals surface area contributed by atoms with Crippen molar-refractivity contribution in [3.63, 3.8) is 0 Å². The van der Waals surface area contributed by atoms with Crippen LogP contribution in [0.25, 0.3) is 10.9 Å². The lowest BCUT2D eigenvalue weighted by Crippen LogP contribution is -2.43. The summed E-state index contributed by atoms with van der Waals surface area (Å²) in [5.74, 6) is 0.165. The molecule has 0 bridgehead atoms. The van der Waals surface area contributed by atoms with Crippen molar-refractivity contribution in [3.8, 4) is 0 Å². The SMILES string of the molecule is O=C(Cn1c(=O)n(Cc2ccco2)c(=O)c2ccccc21)NCCc1ccc(Cl)cc1. The largest absolute Gasteiger partial charge is 0.467 e. The molecule has 2 aromatic carbocycles. The number of benzene rings is 2. The van der Waals surface area contributed by atoms with E-state index in [1.807, 2.05) is 12.1 Å². The van der Waals surface area contributed by atoms with Gasteiger partial charge in [0, 0.05) is 11.6 Å². The Morgan fingerprint density at radius 3 is 2.48 bits per heavy atom. The third-order valence-corrected chi connectivity index (χ3v) is 5.23. The molecule has 4 rings (SSSR count). The summed E-state index contributed by atoms with van der Waals surface area (Å²) >= 11 is 5.89. The highest BCUT2D eigenvalue weighted by Gasteiger charge is 2.16. The van der Waals surface area contributed by atoms with Crippen LogP contribution in [-0.2, 0) is 24.3 Å².